The van der Waals surface area contributed by atoms with E-state index in [0.29, 0.717) is 6.04 Å². The fraction of sp³-hybridized carbons (Fsp3) is 0.947. The zero-order valence-electron chi connectivity index (χ0n) is 15.7. The van der Waals surface area contributed by atoms with Crippen LogP contribution in [0.3, 0.4) is 0 Å². The van der Waals surface area contributed by atoms with Crippen LogP contribution in [0.15, 0.2) is 0 Å². The van der Waals surface area contributed by atoms with E-state index >= 15 is 0 Å². The molecular formula is C19H36ClN3O2. The SMILES string of the molecule is C[C@H]1C[C@@H](C(=O)NCC2(CN3CCOCC3)CCCCC2)CCN1.Cl. The number of amides is 1. The van der Waals surface area contributed by atoms with Crippen LogP contribution in [0.5, 0.6) is 0 Å². The van der Waals surface area contributed by atoms with Gasteiger partial charge in [0.05, 0.1) is 13.2 Å². The lowest BCUT2D eigenvalue weighted by atomic mass is 9.73. The zero-order valence-corrected chi connectivity index (χ0v) is 16.5. The predicted octanol–water partition coefficient (Wildman–Crippen LogP) is 2.20. The summed E-state index contributed by atoms with van der Waals surface area (Å²) in [5, 5.41) is 6.78. The van der Waals surface area contributed by atoms with Crippen molar-refractivity contribution in [2.45, 2.75) is 57.9 Å². The third-order valence-electron chi connectivity index (χ3n) is 6.21. The molecule has 0 unspecified atom stereocenters. The summed E-state index contributed by atoms with van der Waals surface area (Å²) in [6.07, 6.45) is 8.44. The highest BCUT2D eigenvalue weighted by molar-refractivity contribution is 5.85. The molecule has 25 heavy (non-hydrogen) atoms. The summed E-state index contributed by atoms with van der Waals surface area (Å²) in [7, 11) is 0. The van der Waals surface area contributed by atoms with Gasteiger partial charge in [0.1, 0.15) is 0 Å². The van der Waals surface area contributed by atoms with Crippen molar-refractivity contribution in [3.63, 3.8) is 0 Å². The quantitative estimate of drug-likeness (QED) is 0.775. The summed E-state index contributed by atoms with van der Waals surface area (Å²) in [6.45, 7) is 8.94. The molecule has 0 aromatic heterocycles. The molecule has 1 aliphatic carbocycles. The second kappa shape index (κ2) is 10.1. The molecule has 0 spiro atoms. The molecule has 2 heterocycles. The van der Waals surface area contributed by atoms with Crippen LogP contribution in [-0.4, -0.2) is 62.8 Å². The Hall–Kier alpha value is -0.360. The second-order valence-electron chi connectivity index (χ2n) is 8.24. The Kier molecular flexibility index (Phi) is 8.46. The van der Waals surface area contributed by atoms with Gasteiger partial charge in [-0.25, -0.2) is 0 Å². The molecule has 2 atom stereocenters. The van der Waals surface area contributed by atoms with Crippen LogP contribution in [0.1, 0.15) is 51.9 Å². The van der Waals surface area contributed by atoms with Crippen molar-refractivity contribution in [2.75, 3.05) is 45.9 Å². The number of hydrogen-bond acceptors (Lipinski definition) is 4. The van der Waals surface area contributed by atoms with E-state index in [1.54, 1.807) is 0 Å². The Morgan fingerprint density at radius 2 is 1.96 bits per heavy atom. The van der Waals surface area contributed by atoms with Gasteiger partial charge in [0.25, 0.3) is 0 Å². The molecule has 1 saturated carbocycles. The van der Waals surface area contributed by atoms with E-state index in [-0.39, 0.29) is 29.6 Å². The molecule has 3 aliphatic rings. The highest BCUT2D eigenvalue weighted by atomic mass is 35.5. The number of nitrogens with zero attached hydrogens (tertiary/aromatic N) is 1. The minimum atomic E-state index is 0. The van der Waals surface area contributed by atoms with Crippen LogP contribution in [0.2, 0.25) is 0 Å². The van der Waals surface area contributed by atoms with Crippen molar-refractivity contribution in [1.29, 1.82) is 0 Å². The highest BCUT2D eigenvalue weighted by Crippen LogP contribution is 2.37. The van der Waals surface area contributed by atoms with Crippen molar-refractivity contribution in [1.82, 2.24) is 15.5 Å². The first-order chi connectivity index (χ1) is 11.7. The van der Waals surface area contributed by atoms with Gasteiger partial charge in [-0.05, 0) is 39.2 Å². The maximum Gasteiger partial charge on any atom is 0.223 e. The van der Waals surface area contributed by atoms with Gasteiger partial charge in [0.2, 0.25) is 5.91 Å². The average molecular weight is 374 g/mol. The third kappa shape index (κ3) is 6.09. The van der Waals surface area contributed by atoms with Crippen LogP contribution in [-0.2, 0) is 9.53 Å². The molecule has 2 aliphatic heterocycles. The summed E-state index contributed by atoms with van der Waals surface area (Å²) < 4.78 is 5.49. The number of nitrogens with one attached hydrogen (secondary N) is 2. The van der Waals surface area contributed by atoms with E-state index in [4.69, 9.17) is 4.74 Å². The lowest BCUT2D eigenvalue weighted by Gasteiger charge is -2.42. The lowest BCUT2D eigenvalue weighted by molar-refractivity contribution is -0.126. The molecule has 3 fully saturated rings. The summed E-state index contributed by atoms with van der Waals surface area (Å²) in [5.41, 5.74) is 0.282. The zero-order chi connectivity index (χ0) is 16.8. The third-order valence-corrected chi connectivity index (χ3v) is 6.21. The maximum atomic E-state index is 12.6. The summed E-state index contributed by atoms with van der Waals surface area (Å²) >= 11 is 0. The normalized spacial score (nSPS) is 30.3. The monoisotopic (exact) mass is 373 g/mol. The number of rotatable bonds is 5. The molecule has 0 aromatic carbocycles. The van der Waals surface area contributed by atoms with E-state index in [1.807, 2.05) is 0 Å². The summed E-state index contributed by atoms with van der Waals surface area (Å²) in [5.74, 6) is 0.487. The molecular weight excluding hydrogens is 338 g/mol. The first-order valence-electron chi connectivity index (χ1n) is 9.98. The van der Waals surface area contributed by atoms with Gasteiger partial charge >= 0.3 is 0 Å². The Labute approximate surface area is 159 Å². The number of morpholine rings is 1. The van der Waals surface area contributed by atoms with E-state index in [9.17, 15) is 4.79 Å². The van der Waals surface area contributed by atoms with Gasteiger partial charge in [-0.3, -0.25) is 9.69 Å². The number of hydrogen-bond donors (Lipinski definition) is 2. The Morgan fingerprint density at radius 1 is 1.24 bits per heavy atom. The molecule has 0 radical (unpaired) electrons. The van der Waals surface area contributed by atoms with Crippen molar-refractivity contribution in [3.8, 4) is 0 Å². The lowest BCUT2D eigenvalue weighted by Crippen LogP contribution is -2.51. The molecule has 2 saturated heterocycles. The van der Waals surface area contributed by atoms with Crippen LogP contribution >= 0.6 is 12.4 Å². The van der Waals surface area contributed by atoms with Gasteiger partial charge < -0.3 is 15.4 Å². The fourth-order valence-electron chi connectivity index (χ4n) is 4.72. The van der Waals surface area contributed by atoms with Crippen LogP contribution in [0.4, 0.5) is 0 Å². The Bertz CT molecular complexity index is 409. The van der Waals surface area contributed by atoms with Gasteiger partial charge in [0.15, 0.2) is 0 Å². The van der Waals surface area contributed by atoms with Crippen molar-refractivity contribution >= 4 is 18.3 Å². The van der Waals surface area contributed by atoms with E-state index in [0.717, 1.165) is 58.8 Å². The van der Waals surface area contributed by atoms with Crippen molar-refractivity contribution in [2.24, 2.45) is 11.3 Å². The predicted molar refractivity (Wildman–Crippen MR) is 103 cm³/mol. The van der Waals surface area contributed by atoms with E-state index < -0.39 is 0 Å². The van der Waals surface area contributed by atoms with Crippen molar-refractivity contribution in [3.05, 3.63) is 0 Å². The largest absolute Gasteiger partial charge is 0.379 e. The van der Waals surface area contributed by atoms with Gasteiger partial charge in [-0.1, -0.05) is 19.3 Å². The first-order valence-corrected chi connectivity index (χ1v) is 9.98. The number of piperidine rings is 1. The molecule has 146 valence electrons. The molecule has 1 amide bonds. The average Bonchev–Trinajstić information content (AvgIpc) is 2.61. The maximum absolute atomic E-state index is 12.6. The Balaban J connectivity index is 0.00000225. The number of ether oxygens (including phenoxy) is 1. The van der Waals surface area contributed by atoms with Gasteiger partial charge in [-0.2, -0.15) is 0 Å². The molecule has 2 N–H and O–H groups in total. The fourth-order valence-corrected chi connectivity index (χ4v) is 4.72. The number of carbonyl (C=O) groups is 1. The van der Waals surface area contributed by atoms with Crippen LogP contribution in [0, 0.1) is 11.3 Å². The number of halogens is 1. The minimum Gasteiger partial charge on any atom is -0.379 e. The molecule has 0 aromatic rings. The van der Waals surface area contributed by atoms with Crippen LogP contribution in [0.25, 0.3) is 0 Å². The van der Waals surface area contributed by atoms with Gasteiger partial charge in [0, 0.05) is 43.6 Å². The summed E-state index contributed by atoms with van der Waals surface area (Å²) in [4.78, 5) is 15.2. The molecule has 0 bridgehead atoms. The topological polar surface area (TPSA) is 53.6 Å². The minimum absolute atomic E-state index is 0. The molecule has 6 heteroatoms. The Morgan fingerprint density at radius 3 is 2.64 bits per heavy atom. The second-order valence-corrected chi connectivity index (χ2v) is 8.24. The molecule has 3 rings (SSSR count). The highest BCUT2D eigenvalue weighted by Gasteiger charge is 2.35. The van der Waals surface area contributed by atoms with E-state index in [1.165, 1.54) is 32.1 Å². The van der Waals surface area contributed by atoms with Crippen molar-refractivity contribution < 1.29 is 9.53 Å². The number of carbonyl (C=O) groups excluding carboxylic acids is 1. The first kappa shape index (κ1) is 20.9. The standard InChI is InChI=1S/C19H35N3O2.ClH/c1-16-13-17(5-8-20-16)18(23)21-14-19(6-3-2-4-7-19)15-22-9-11-24-12-10-22;/h16-17,20H,2-15H2,1H3,(H,21,23);1H/t16-,17-;/m0./s1. The smallest absolute Gasteiger partial charge is 0.223 e. The van der Waals surface area contributed by atoms with Gasteiger partial charge in [-0.15, -0.1) is 12.4 Å². The molecule has 5 nitrogen and oxygen atoms in total. The summed E-state index contributed by atoms with van der Waals surface area (Å²) in [6, 6.07) is 0.464. The van der Waals surface area contributed by atoms with E-state index in [2.05, 4.69) is 22.5 Å². The van der Waals surface area contributed by atoms with Crippen LogP contribution < -0.4 is 10.6 Å².